The van der Waals surface area contributed by atoms with E-state index in [1.807, 2.05) is 46.8 Å². The Morgan fingerprint density at radius 3 is 1.58 bits per heavy atom. The predicted molar refractivity (Wildman–Crippen MR) is 228 cm³/mol. The van der Waals surface area contributed by atoms with E-state index in [-0.39, 0.29) is 5.82 Å². The van der Waals surface area contributed by atoms with Gasteiger partial charge in [-0.2, -0.15) is 19.9 Å². The molecule has 0 amide bonds. The summed E-state index contributed by atoms with van der Waals surface area (Å²) in [6.07, 6.45) is -1.19. The van der Waals surface area contributed by atoms with Crippen LogP contribution in [0.4, 0.5) is 21.2 Å². The summed E-state index contributed by atoms with van der Waals surface area (Å²) >= 11 is 0. The average molecular weight is 809 g/mol. The van der Waals surface area contributed by atoms with Crippen LogP contribution in [0.15, 0.2) is 81.7 Å². The van der Waals surface area contributed by atoms with Crippen molar-refractivity contribution < 1.29 is 19.1 Å². The summed E-state index contributed by atoms with van der Waals surface area (Å²) in [5.41, 5.74) is 12.1. The van der Waals surface area contributed by atoms with Crippen molar-refractivity contribution in [3.63, 3.8) is 0 Å². The van der Waals surface area contributed by atoms with Gasteiger partial charge in [-0.3, -0.25) is 0 Å². The molecular weight excluding hydrogens is 761 g/mol. The molecular formula is C44H48N12O4. The molecule has 16 heteroatoms. The van der Waals surface area contributed by atoms with Crippen LogP contribution in [-0.4, -0.2) is 49.5 Å². The van der Waals surface area contributed by atoms with E-state index in [0.717, 1.165) is 32.6 Å². The third kappa shape index (κ3) is 8.64. The second kappa shape index (κ2) is 16.7. The van der Waals surface area contributed by atoms with Crippen molar-refractivity contribution in [2.75, 3.05) is 17.6 Å². The van der Waals surface area contributed by atoms with Gasteiger partial charge in [-0.05, 0) is 112 Å². The van der Waals surface area contributed by atoms with Crippen molar-refractivity contribution in [1.82, 2.24) is 30.2 Å². The number of ether oxygens (including phenoxy) is 2. The number of allylic oxidation sites excluding steroid dienone is 6. The van der Waals surface area contributed by atoms with Gasteiger partial charge in [0.1, 0.15) is 11.2 Å². The molecule has 60 heavy (non-hydrogen) atoms. The molecule has 6 rings (SSSR count). The average Bonchev–Trinajstić information content (AvgIpc) is 3.70. The Balaban J connectivity index is 0.000000228. The lowest BCUT2D eigenvalue weighted by Gasteiger charge is -2.26. The van der Waals surface area contributed by atoms with Gasteiger partial charge >= 0.3 is 12.2 Å². The van der Waals surface area contributed by atoms with Crippen LogP contribution in [0, 0.1) is 35.8 Å². The fourth-order valence-electron chi connectivity index (χ4n) is 7.05. The third-order valence-corrected chi connectivity index (χ3v) is 9.51. The summed E-state index contributed by atoms with van der Waals surface area (Å²) in [4.78, 5) is 32.5. The van der Waals surface area contributed by atoms with Crippen LogP contribution in [0.5, 0.6) is 0 Å². The summed E-state index contributed by atoms with van der Waals surface area (Å²) in [7, 11) is 0. The second-order valence-corrected chi connectivity index (χ2v) is 16.3. The zero-order valence-electron chi connectivity index (χ0n) is 35.6. The Labute approximate surface area is 349 Å². The number of anilines is 2. The van der Waals surface area contributed by atoms with E-state index in [1.165, 1.54) is 4.68 Å². The molecule has 0 bridgehead atoms. The quantitative estimate of drug-likeness (QED) is 0.143. The summed E-state index contributed by atoms with van der Waals surface area (Å²) in [5, 5.41) is 38.7. The maximum absolute atomic E-state index is 12.7. The minimum Gasteiger partial charge on any atom is -0.442 e. The first-order valence-electron chi connectivity index (χ1n) is 19.1. The fourth-order valence-corrected chi connectivity index (χ4v) is 7.05. The lowest BCUT2D eigenvalue weighted by molar-refractivity contribution is 0.0512. The molecule has 0 saturated heterocycles. The number of fused-ring (bicyclic) bond motifs is 2. The van der Waals surface area contributed by atoms with Gasteiger partial charge in [0.2, 0.25) is 0 Å². The molecule has 2 aliphatic heterocycles. The summed E-state index contributed by atoms with van der Waals surface area (Å²) in [6, 6.07) is 15.2. The number of dihydropyridines is 2. The molecule has 2 aromatic carbocycles. The highest BCUT2D eigenvalue weighted by Crippen LogP contribution is 2.41. The monoisotopic (exact) mass is 808 g/mol. The number of benzene rings is 2. The van der Waals surface area contributed by atoms with E-state index < -0.39 is 35.2 Å². The van der Waals surface area contributed by atoms with Crippen molar-refractivity contribution in [1.29, 1.82) is 10.5 Å². The highest BCUT2D eigenvalue weighted by atomic mass is 16.6. The molecule has 2 aliphatic rings. The van der Waals surface area contributed by atoms with Gasteiger partial charge in [0, 0.05) is 40.1 Å². The normalized spacial score (nSPS) is 16.8. The zero-order chi connectivity index (χ0) is 44.4. The van der Waals surface area contributed by atoms with Gasteiger partial charge in [-0.25, -0.2) is 19.3 Å². The number of hydrogen-bond donors (Lipinski definition) is 4. The van der Waals surface area contributed by atoms with E-state index in [0.29, 0.717) is 62.7 Å². The fraction of sp³-hybridized carbons (Fsp3) is 0.364. The first-order valence-corrected chi connectivity index (χ1v) is 19.1. The summed E-state index contributed by atoms with van der Waals surface area (Å²) < 4.78 is 13.3. The molecule has 2 atom stereocenters. The van der Waals surface area contributed by atoms with E-state index in [4.69, 9.17) is 28.4 Å². The van der Waals surface area contributed by atoms with Crippen LogP contribution in [0.3, 0.4) is 0 Å². The van der Waals surface area contributed by atoms with Gasteiger partial charge in [0.05, 0.1) is 59.3 Å². The number of nitrogens with zero attached hydrogens (tertiary/aromatic N) is 8. The Bertz CT molecular complexity index is 2670. The number of aromatic nitrogens is 4. The number of hydrogen-bond acceptors (Lipinski definition) is 12. The van der Waals surface area contributed by atoms with Crippen LogP contribution in [-0.2, 0) is 9.47 Å². The van der Waals surface area contributed by atoms with Crippen molar-refractivity contribution >= 4 is 45.6 Å². The number of nitrogen functional groups attached to an aromatic ring is 1. The van der Waals surface area contributed by atoms with Crippen LogP contribution >= 0.6 is 0 Å². The van der Waals surface area contributed by atoms with Crippen molar-refractivity contribution in [3.05, 3.63) is 116 Å². The topological polar surface area (TPSA) is 207 Å². The zero-order valence-corrected chi connectivity index (χ0v) is 35.6. The number of nitrogens with two attached hydrogens (primary N) is 1. The Kier molecular flexibility index (Phi) is 12.1. The molecule has 0 fully saturated rings. The van der Waals surface area contributed by atoms with E-state index >= 15 is 0 Å². The Morgan fingerprint density at radius 2 is 1.18 bits per heavy atom. The van der Waals surface area contributed by atoms with Gasteiger partial charge in [0.15, 0.2) is 23.0 Å². The lowest BCUT2D eigenvalue weighted by Crippen LogP contribution is -2.27. The van der Waals surface area contributed by atoms with E-state index in [2.05, 4.69) is 48.0 Å². The number of rotatable bonds is 4. The van der Waals surface area contributed by atoms with Crippen molar-refractivity contribution in [2.24, 2.45) is 0 Å². The molecule has 5 N–H and O–H groups in total. The third-order valence-electron chi connectivity index (χ3n) is 9.51. The molecule has 2 aromatic heterocycles. The van der Waals surface area contributed by atoms with Crippen LogP contribution < -0.4 is 21.7 Å². The standard InChI is InChI=1S/C23H26N6O2.C21H22N6O2/c1-8-26-21-16-11-15(19-17(12-24)13(2)27-14(3)20(19)25-7)9-10-18(16)29(28-21)22(30)31-23(4,5)6;1-11-15(10-22)17(18(24-6)12(2)25-11)13-7-8-16-14(9-13)19(23)26-27(16)20(28)29-21(3,4)5/h9-11,19,27H,8H2,1-6H3,(H,26,28);7-9,17,25H,1-5H3,(H2,23,26). The number of nitriles is 2. The van der Waals surface area contributed by atoms with Crippen molar-refractivity contribution in [3.8, 4) is 12.1 Å². The molecule has 0 saturated carbocycles. The number of carbonyl (C=O) groups is 2. The summed E-state index contributed by atoms with van der Waals surface area (Å²) in [6.45, 7) is 35.8. The molecule has 2 unspecified atom stereocenters. The maximum Gasteiger partial charge on any atom is 0.435 e. The molecule has 16 nitrogen and oxygen atoms in total. The molecule has 4 heterocycles. The molecule has 0 aliphatic carbocycles. The smallest absolute Gasteiger partial charge is 0.435 e. The minimum absolute atomic E-state index is 0.172. The highest BCUT2D eigenvalue weighted by molar-refractivity contribution is 5.97. The molecule has 0 spiro atoms. The second-order valence-electron chi connectivity index (χ2n) is 16.3. The largest absolute Gasteiger partial charge is 0.442 e. The number of nitrogens with one attached hydrogen (secondary N) is 3. The van der Waals surface area contributed by atoms with Gasteiger partial charge < -0.3 is 31.2 Å². The molecule has 308 valence electrons. The lowest BCUT2D eigenvalue weighted by atomic mass is 9.84. The molecule has 0 radical (unpaired) electrons. The van der Waals surface area contributed by atoms with Gasteiger partial charge in [0.25, 0.3) is 0 Å². The predicted octanol–water partition coefficient (Wildman–Crippen LogP) is 8.92. The van der Waals surface area contributed by atoms with E-state index in [1.54, 1.807) is 65.8 Å². The van der Waals surface area contributed by atoms with Gasteiger partial charge in [-0.15, -0.1) is 10.2 Å². The SMILES string of the molecule is [C-]#[N+]C1=C(C)NC(C)=C(C#N)C1c1ccc2c(c1)c(N)nn2C(=O)OC(C)(C)C.[C-]#[N+]C1=C(C)NC(C)=C(C#N)C1c1ccc2c(c1)c(NCC)nn2C(=O)OC(C)(C)C. The van der Waals surface area contributed by atoms with E-state index in [9.17, 15) is 20.1 Å². The van der Waals surface area contributed by atoms with Crippen LogP contribution in [0.2, 0.25) is 0 Å². The Morgan fingerprint density at radius 1 is 0.767 bits per heavy atom. The van der Waals surface area contributed by atoms with Crippen LogP contribution in [0.25, 0.3) is 31.5 Å². The first-order chi connectivity index (χ1) is 28.2. The number of carbonyl (C=O) groups excluding carboxylic acids is 2. The first kappa shape index (κ1) is 43.6. The van der Waals surface area contributed by atoms with Gasteiger partial charge in [-0.1, -0.05) is 12.1 Å². The minimum atomic E-state index is -0.671. The van der Waals surface area contributed by atoms with Crippen molar-refractivity contribution in [2.45, 2.75) is 99.2 Å². The highest BCUT2D eigenvalue weighted by Gasteiger charge is 2.33. The Hall–Kier alpha value is -7.56. The maximum atomic E-state index is 12.7. The molecule has 4 aromatic rings. The van der Waals surface area contributed by atoms with Crippen LogP contribution in [0.1, 0.15) is 99.1 Å². The summed E-state index contributed by atoms with van der Waals surface area (Å²) in [5.74, 6) is -0.269.